The number of fused-ring (bicyclic) bond motifs is 2. The number of hydrogen-bond acceptors (Lipinski definition) is 2. The summed E-state index contributed by atoms with van der Waals surface area (Å²) in [6.07, 6.45) is 10.4. The molecule has 0 amide bonds. The summed E-state index contributed by atoms with van der Waals surface area (Å²) < 4.78 is 14.1. The lowest BCUT2D eigenvalue weighted by molar-refractivity contribution is 0.579. The predicted octanol–water partition coefficient (Wildman–Crippen LogP) is 3.33. The maximum atomic E-state index is 12.2. The molecule has 1 fully saturated rings. The molecular weight excluding hydrogens is 280 g/mol. The van der Waals surface area contributed by atoms with Crippen LogP contribution in [0.25, 0.3) is 11.3 Å². The lowest BCUT2D eigenvalue weighted by atomic mass is 9.93. The molecule has 0 aliphatic carbocycles. The summed E-state index contributed by atoms with van der Waals surface area (Å²) in [5, 5.41) is 4.89. The van der Waals surface area contributed by atoms with Gasteiger partial charge in [-0.15, -0.1) is 0 Å². The molecule has 1 aromatic heterocycles. The van der Waals surface area contributed by atoms with Gasteiger partial charge < -0.3 is 0 Å². The molecular formula is C17H18N2OS. The first-order valence-electron chi connectivity index (χ1n) is 7.52. The smallest absolute Gasteiger partial charge is 0.0645 e. The topological polar surface area (TPSA) is 34.9 Å². The molecule has 2 aromatic rings. The second-order valence-corrected chi connectivity index (χ2v) is 7.74. The Balaban J connectivity index is 1.63. The third-order valence-electron chi connectivity index (χ3n) is 4.48. The Kier molecular flexibility index (Phi) is 3.26. The van der Waals surface area contributed by atoms with Crippen LogP contribution in [0.3, 0.4) is 0 Å². The molecule has 3 unspecified atom stereocenters. The molecule has 0 spiro atoms. The van der Waals surface area contributed by atoms with E-state index in [4.69, 9.17) is 0 Å². The summed E-state index contributed by atoms with van der Waals surface area (Å²) in [5.74, 6) is 0. The van der Waals surface area contributed by atoms with E-state index >= 15 is 0 Å². The monoisotopic (exact) mass is 298 g/mol. The number of nitrogens with zero attached hydrogens (tertiary/aromatic N) is 2. The molecule has 3 heterocycles. The van der Waals surface area contributed by atoms with E-state index in [9.17, 15) is 4.21 Å². The SMILES string of the molecule is O=S1C2C=C(c3ccc(-n4cccn4)cc3)CC1CCC2. The minimum absolute atomic E-state index is 0.276. The average Bonchev–Trinajstić information content (AvgIpc) is 3.01. The van der Waals surface area contributed by atoms with E-state index in [0.29, 0.717) is 5.25 Å². The zero-order chi connectivity index (χ0) is 14.2. The van der Waals surface area contributed by atoms with Gasteiger partial charge in [-0.2, -0.15) is 5.10 Å². The fourth-order valence-electron chi connectivity index (χ4n) is 3.36. The van der Waals surface area contributed by atoms with Gasteiger partial charge in [-0.05, 0) is 48.6 Å². The molecule has 0 saturated carbocycles. The van der Waals surface area contributed by atoms with Gasteiger partial charge in [0, 0.05) is 28.4 Å². The lowest BCUT2D eigenvalue weighted by Crippen LogP contribution is -2.33. The predicted molar refractivity (Wildman–Crippen MR) is 85.7 cm³/mol. The molecule has 3 nitrogen and oxygen atoms in total. The highest BCUT2D eigenvalue weighted by Gasteiger charge is 2.33. The van der Waals surface area contributed by atoms with E-state index in [0.717, 1.165) is 24.9 Å². The summed E-state index contributed by atoms with van der Waals surface area (Å²) in [6, 6.07) is 10.4. The number of aromatic nitrogens is 2. The van der Waals surface area contributed by atoms with Gasteiger partial charge in [0.2, 0.25) is 0 Å². The van der Waals surface area contributed by atoms with Crippen LogP contribution in [0.15, 0.2) is 48.8 Å². The maximum absolute atomic E-state index is 12.2. The molecule has 108 valence electrons. The van der Waals surface area contributed by atoms with Crippen molar-refractivity contribution >= 4 is 16.4 Å². The average molecular weight is 298 g/mol. The van der Waals surface area contributed by atoms with E-state index in [2.05, 4.69) is 35.4 Å². The molecule has 0 radical (unpaired) electrons. The van der Waals surface area contributed by atoms with Gasteiger partial charge in [0.1, 0.15) is 0 Å². The van der Waals surface area contributed by atoms with Crippen molar-refractivity contribution in [3.63, 3.8) is 0 Å². The highest BCUT2D eigenvalue weighted by atomic mass is 32.2. The van der Waals surface area contributed by atoms with Crippen LogP contribution in [0.4, 0.5) is 0 Å². The summed E-state index contributed by atoms with van der Waals surface area (Å²) >= 11 is 0. The van der Waals surface area contributed by atoms with Gasteiger partial charge >= 0.3 is 0 Å². The molecule has 4 heteroatoms. The molecule has 0 N–H and O–H groups in total. The van der Waals surface area contributed by atoms with Crippen molar-refractivity contribution in [3.8, 4) is 5.69 Å². The lowest BCUT2D eigenvalue weighted by Gasteiger charge is -2.32. The maximum Gasteiger partial charge on any atom is 0.0645 e. The summed E-state index contributed by atoms with van der Waals surface area (Å²) in [7, 11) is -0.650. The van der Waals surface area contributed by atoms with Gasteiger partial charge in [-0.1, -0.05) is 24.6 Å². The minimum Gasteiger partial charge on any atom is -0.259 e. The Morgan fingerprint density at radius 3 is 2.76 bits per heavy atom. The van der Waals surface area contributed by atoms with E-state index < -0.39 is 10.8 Å². The second kappa shape index (κ2) is 5.26. The number of allylic oxidation sites excluding steroid dienone is 1. The first-order chi connectivity index (χ1) is 10.3. The van der Waals surface area contributed by atoms with Gasteiger partial charge in [-0.25, -0.2) is 4.68 Å². The minimum atomic E-state index is -0.650. The first kappa shape index (κ1) is 13.0. The molecule has 2 aliphatic heterocycles. The van der Waals surface area contributed by atoms with Crippen LogP contribution in [0.5, 0.6) is 0 Å². The highest BCUT2D eigenvalue weighted by Crippen LogP contribution is 2.37. The van der Waals surface area contributed by atoms with Crippen molar-refractivity contribution < 1.29 is 4.21 Å². The number of hydrogen-bond donors (Lipinski definition) is 0. The van der Waals surface area contributed by atoms with Crippen LogP contribution in [0.2, 0.25) is 0 Å². The normalized spacial score (nSPS) is 28.2. The number of rotatable bonds is 2. The molecule has 1 saturated heterocycles. The quantitative estimate of drug-likeness (QED) is 0.852. The van der Waals surface area contributed by atoms with E-state index in [1.54, 1.807) is 6.20 Å². The van der Waals surface area contributed by atoms with Crippen LogP contribution < -0.4 is 0 Å². The number of benzene rings is 1. The van der Waals surface area contributed by atoms with Crippen molar-refractivity contribution in [2.24, 2.45) is 0 Å². The van der Waals surface area contributed by atoms with E-state index in [1.165, 1.54) is 17.6 Å². The van der Waals surface area contributed by atoms with E-state index in [-0.39, 0.29) is 5.25 Å². The van der Waals surface area contributed by atoms with Crippen molar-refractivity contribution in [1.82, 2.24) is 9.78 Å². The molecule has 1 aromatic carbocycles. The summed E-state index contributed by atoms with van der Waals surface area (Å²) in [6.45, 7) is 0. The van der Waals surface area contributed by atoms with Crippen molar-refractivity contribution in [1.29, 1.82) is 0 Å². The van der Waals surface area contributed by atoms with Crippen molar-refractivity contribution in [3.05, 3.63) is 54.4 Å². The fraction of sp³-hybridized carbons (Fsp3) is 0.353. The van der Waals surface area contributed by atoms with E-state index in [1.807, 2.05) is 16.9 Å². The van der Waals surface area contributed by atoms with Gasteiger partial charge in [0.25, 0.3) is 0 Å². The summed E-state index contributed by atoms with van der Waals surface area (Å²) in [4.78, 5) is 0. The molecule has 4 rings (SSSR count). The van der Waals surface area contributed by atoms with Crippen LogP contribution in [-0.2, 0) is 10.8 Å². The van der Waals surface area contributed by atoms with Gasteiger partial charge in [0.05, 0.1) is 10.9 Å². The molecule has 2 aliphatic rings. The molecule has 3 atom stereocenters. The standard InChI is InChI=1S/C17H18N2OS/c20-21-16-3-1-4-17(21)12-14(11-16)13-5-7-15(8-6-13)19-10-2-9-18-19/h2,5-11,16-17H,1,3-4,12H2. The Morgan fingerprint density at radius 1 is 1.19 bits per heavy atom. The second-order valence-electron chi connectivity index (χ2n) is 5.81. The molecule has 2 bridgehead atoms. The fourth-order valence-corrected chi connectivity index (χ4v) is 5.30. The van der Waals surface area contributed by atoms with Gasteiger partial charge in [-0.3, -0.25) is 4.21 Å². The van der Waals surface area contributed by atoms with Crippen LogP contribution >= 0.6 is 0 Å². The Bertz CT molecular complexity index is 688. The third kappa shape index (κ3) is 2.38. The van der Waals surface area contributed by atoms with Crippen LogP contribution in [0.1, 0.15) is 31.2 Å². The zero-order valence-electron chi connectivity index (χ0n) is 11.8. The highest BCUT2D eigenvalue weighted by molar-refractivity contribution is 7.86. The van der Waals surface area contributed by atoms with Gasteiger partial charge in [0.15, 0.2) is 0 Å². The summed E-state index contributed by atoms with van der Waals surface area (Å²) in [5.41, 5.74) is 3.71. The van der Waals surface area contributed by atoms with Crippen molar-refractivity contribution in [2.75, 3.05) is 0 Å². The zero-order valence-corrected chi connectivity index (χ0v) is 12.6. The Labute approximate surface area is 127 Å². The third-order valence-corrected chi connectivity index (χ3v) is 6.51. The first-order valence-corrected chi connectivity index (χ1v) is 8.79. The Morgan fingerprint density at radius 2 is 2.05 bits per heavy atom. The van der Waals surface area contributed by atoms with Crippen LogP contribution in [0, 0.1) is 0 Å². The Hall–Kier alpha value is -1.68. The van der Waals surface area contributed by atoms with Crippen molar-refractivity contribution in [2.45, 2.75) is 36.2 Å². The van der Waals surface area contributed by atoms with Crippen LogP contribution in [-0.4, -0.2) is 24.5 Å². The largest absolute Gasteiger partial charge is 0.259 e. The molecule has 21 heavy (non-hydrogen) atoms.